The van der Waals surface area contributed by atoms with Crippen LogP contribution in [0.25, 0.3) is 0 Å². The summed E-state index contributed by atoms with van der Waals surface area (Å²) in [5.74, 6) is -4.20. The summed E-state index contributed by atoms with van der Waals surface area (Å²) in [4.78, 5) is 50.0. The molecule has 0 aliphatic carbocycles. The number of hydrogen-bond acceptors (Lipinski definition) is 6. The van der Waals surface area contributed by atoms with Crippen LogP contribution in [-0.4, -0.2) is 77.8 Å². The molecule has 3 N–H and O–H groups in total. The molecule has 0 saturated carbocycles. The second-order valence-electron chi connectivity index (χ2n) is 8.83. The number of rotatable bonds is 14. The fourth-order valence-electron chi connectivity index (χ4n) is 4.25. The van der Waals surface area contributed by atoms with Crippen LogP contribution in [0.4, 0.5) is 13.2 Å². The van der Waals surface area contributed by atoms with Crippen LogP contribution in [0, 0.1) is 0 Å². The van der Waals surface area contributed by atoms with Crippen molar-refractivity contribution in [1.29, 1.82) is 0 Å². The number of esters is 1. The van der Waals surface area contributed by atoms with Gasteiger partial charge in [0.25, 0.3) is 0 Å². The molecule has 2 rings (SSSR count). The number of alkyl halides is 3. The normalized spacial score (nSPS) is 17.2. The third kappa shape index (κ3) is 9.67. The Balaban J connectivity index is 2.11. The number of benzene rings is 1. The standard InChI is InChI=1S/C25H34F3N3O6/c1-2-37-23(35)19(14-13-17-9-4-3-5-10-17)30-18(11-6-7-15-29-24(36)25(26,27)28)21(32)31-16-8-12-20(31)22(33)34/h3-5,9-10,18-20,30H,2,6-8,11-16H2,1H3,(H,29,36)(H,33,34)/t18?,19?,20-/m0/s1. The summed E-state index contributed by atoms with van der Waals surface area (Å²) in [5, 5.41) is 14.3. The Labute approximate surface area is 213 Å². The first-order chi connectivity index (χ1) is 17.5. The molecule has 1 saturated heterocycles. The molecule has 1 heterocycles. The van der Waals surface area contributed by atoms with Crippen molar-refractivity contribution >= 4 is 23.8 Å². The summed E-state index contributed by atoms with van der Waals surface area (Å²) in [6, 6.07) is 6.62. The monoisotopic (exact) mass is 529 g/mol. The number of carbonyl (C=O) groups is 4. The van der Waals surface area contributed by atoms with Gasteiger partial charge in [0, 0.05) is 13.1 Å². The largest absolute Gasteiger partial charge is 0.480 e. The minimum atomic E-state index is -4.98. The molecule has 2 unspecified atom stereocenters. The van der Waals surface area contributed by atoms with Crippen LogP contribution in [0.1, 0.15) is 51.0 Å². The van der Waals surface area contributed by atoms with Gasteiger partial charge in [-0.3, -0.25) is 19.7 Å². The Morgan fingerprint density at radius 2 is 1.81 bits per heavy atom. The summed E-state index contributed by atoms with van der Waals surface area (Å²) < 4.78 is 42.3. The van der Waals surface area contributed by atoms with Crippen molar-refractivity contribution in [3.63, 3.8) is 0 Å². The van der Waals surface area contributed by atoms with E-state index in [2.05, 4.69) is 5.32 Å². The molecule has 0 bridgehead atoms. The van der Waals surface area contributed by atoms with Gasteiger partial charge in [-0.2, -0.15) is 13.2 Å². The molecule has 0 spiro atoms. The van der Waals surface area contributed by atoms with Gasteiger partial charge in [-0.15, -0.1) is 0 Å². The summed E-state index contributed by atoms with van der Waals surface area (Å²) in [6.07, 6.45) is -2.77. The van der Waals surface area contributed by atoms with Crippen molar-refractivity contribution < 1.29 is 42.2 Å². The predicted molar refractivity (Wildman–Crippen MR) is 127 cm³/mol. The highest BCUT2D eigenvalue weighted by molar-refractivity contribution is 5.88. The Morgan fingerprint density at radius 1 is 1.11 bits per heavy atom. The summed E-state index contributed by atoms with van der Waals surface area (Å²) in [5.41, 5.74) is 0.979. The minimum absolute atomic E-state index is 0.130. The van der Waals surface area contributed by atoms with Crippen LogP contribution in [-0.2, 0) is 30.3 Å². The van der Waals surface area contributed by atoms with E-state index >= 15 is 0 Å². The number of unbranched alkanes of at least 4 members (excludes halogenated alkanes) is 1. The highest BCUT2D eigenvalue weighted by Crippen LogP contribution is 2.21. The molecule has 1 aliphatic rings. The van der Waals surface area contributed by atoms with Gasteiger partial charge in [0.05, 0.1) is 12.6 Å². The molecule has 9 nitrogen and oxygen atoms in total. The number of aryl methyl sites for hydroxylation is 1. The minimum Gasteiger partial charge on any atom is -0.480 e. The van der Waals surface area contributed by atoms with Gasteiger partial charge in [0.2, 0.25) is 5.91 Å². The SMILES string of the molecule is CCOC(=O)C(CCc1ccccc1)NC(CCCCNC(=O)C(F)(F)F)C(=O)N1CCC[C@H]1C(=O)O. The smallest absolute Gasteiger partial charge is 0.471 e. The van der Waals surface area contributed by atoms with Crippen molar-refractivity contribution in [1.82, 2.24) is 15.5 Å². The van der Waals surface area contributed by atoms with Crippen LogP contribution in [0.5, 0.6) is 0 Å². The Kier molecular flexibility index (Phi) is 11.8. The number of amides is 2. The first-order valence-corrected chi connectivity index (χ1v) is 12.4. The van der Waals surface area contributed by atoms with E-state index in [-0.39, 0.29) is 39.0 Å². The molecule has 0 aromatic heterocycles. The number of carboxylic acids is 1. The molecular weight excluding hydrogens is 495 g/mol. The maximum absolute atomic E-state index is 13.4. The number of carboxylic acid groups (broad SMARTS) is 1. The molecule has 1 fully saturated rings. The third-order valence-electron chi connectivity index (χ3n) is 6.12. The lowest BCUT2D eigenvalue weighted by molar-refractivity contribution is -0.173. The number of carbonyl (C=O) groups excluding carboxylic acids is 3. The summed E-state index contributed by atoms with van der Waals surface area (Å²) in [7, 11) is 0. The van der Waals surface area contributed by atoms with Crippen LogP contribution in [0.15, 0.2) is 30.3 Å². The fraction of sp³-hybridized carbons (Fsp3) is 0.600. The molecule has 1 aromatic carbocycles. The summed E-state index contributed by atoms with van der Waals surface area (Å²) in [6.45, 7) is 1.80. The van der Waals surface area contributed by atoms with E-state index in [1.165, 1.54) is 4.90 Å². The van der Waals surface area contributed by atoms with E-state index in [4.69, 9.17) is 4.74 Å². The highest BCUT2D eigenvalue weighted by atomic mass is 19.4. The van der Waals surface area contributed by atoms with Gasteiger partial charge in [-0.05, 0) is 57.4 Å². The van der Waals surface area contributed by atoms with Gasteiger partial charge in [0.15, 0.2) is 0 Å². The molecule has 0 radical (unpaired) electrons. The number of hydrogen-bond donors (Lipinski definition) is 3. The Morgan fingerprint density at radius 3 is 2.43 bits per heavy atom. The van der Waals surface area contributed by atoms with Crippen molar-refractivity contribution in [3.05, 3.63) is 35.9 Å². The van der Waals surface area contributed by atoms with Crippen molar-refractivity contribution in [2.45, 2.75) is 76.2 Å². The molecular formula is C25H34F3N3O6. The number of nitrogens with one attached hydrogen (secondary N) is 2. The van der Waals surface area contributed by atoms with Gasteiger partial charge < -0.3 is 20.1 Å². The topological polar surface area (TPSA) is 125 Å². The average molecular weight is 530 g/mol. The van der Waals surface area contributed by atoms with Gasteiger partial charge in [0.1, 0.15) is 12.1 Å². The zero-order chi connectivity index (χ0) is 27.4. The second kappa shape index (κ2) is 14.6. The van der Waals surface area contributed by atoms with E-state index in [0.717, 1.165) is 5.56 Å². The lowest BCUT2D eigenvalue weighted by Gasteiger charge is -2.30. The predicted octanol–water partition coefficient (Wildman–Crippen LogP) is 2.43. The molecule has 12 heteroatoms. The van der Waals surface area contributed by atoms with E-state index < -0.39 is 48.1 Å². The molecule has 206 valence electrons. The van der Waals surface area contributed by atoms with E-state index in [1.54, 1.807) is 12.2 Å². The van der Waals surface area contributed by atoms with Crippen LogP contribution >= 0.6 is 0 Å². The lowest BCUT2D eigenvalue weighted by atomic mass is 10.0. The number of nitrogens with zero attached hydrogens (tertiary/aromatic N) is 1. The molecule has 1 aromatic rings. The van der Waals surface area contributed by atoms with Gasteiger partial charge >= 0.3 is 24.0 Å². The zero-order valence-electron chi connectivity index (χ0n) is 20.8. The van der Waals surface area contributed by atoms with Crippen LogP contribution in [0.3, 0.4) is 0 Å². The molecule has 2 amide bonds. The Bertz CT molecular complexity index is 913. The molecule has 37 heavy (non-hydrogen) atoms. The Hall–Kier alpha value is -3.15. The number of likely N-dealkylation sites (tertiary alicyclic amines) is 1. The summed E-state index contributed by atoms with van der Waals surface area (Å²) >= 11 is 0. The van der Waals surface area contributed by atoms with E-state index in [9.17, 15) is 37.5 Å². The highest BCUT2D eigenvalue weighted by Gasteiger charge is 2.39. The van der Waals surface area contributed by atoms with Gasteiger partial charge in [-0.25, -0.2) is 4.79 Å². The average Bonchev–Trinajstić information content (AvgIpc) is 3.35. The maximum atomic E-state index is 13.4. The number of aliphatic carboxylic acids is 1. The quantitative estimate of drug-likeness (QED) is 0.250. The second-order valence-corrected chi connectivity index (χ2v) is 8.83. The zero-order valence-corrected chi connectivity index (χ0v) is 20.8. The fourth-order valence-corrected chi connectivity index (χ4v) is 4.25. The van der Waals surface area contributed by atoms with E-state index in [0.29, 0.717) is 25.7 Å². The first kappa shape index (κ1) is 30.1. The van der Waals surface area contributed by atoms with Crippen LogP contribution < -0.4 is 10.6 Å². The molecule has 1 aliphatic heterocycles. The first-order valence-electron chi connectivity index (χ1n) is 12.4. The number of ether oxygens (including phenoxy) is 1. The number of halogens is 3. The van der Waals surface area contributed by atoms with Crippen molar-refractivity contribution in [3.8, 4) is 0 Å². The third-order valence-corrected chi connectivity index (χ3v) is 6.12. The van der Waals surface area contributed by atoms with Gasteiger partial charge in [-0.1, -0.05) is 30.3 Å². The van der Waals surface area contributed by atoms with Crippen molar-refractivity contribution in [2.24, 2.45) is 0 Å². The lowest BCUT2D eigenvalue weighted by Crippen LogP contribution is -2.54. The maximum Gasteiger partial charge on any atom is 0.471 e. The molecule has 3 atom stereocenters. The van der Waals surface area contributed by atoms with E-state index in [1.807, 2.05) is 30.3 Å². The van der Waals surface area contributed by atoms with Crippen molar-refractivity contribution in [2.75, 3.05) is 19.7 Å². The van der Waals surface area contributed by atoms with Crippen LogP contribution in [0.2, 0.25) is 0 Å².